The first-order valence-corrected chi connectivity index (χ1v) is 9.13. The van der Waals surface area contributed by atoms with Crippen molar-refractivity contribution in [2.75, 3.05) is 32.2 Å². The van der Waals surface area contributed by atoms with Crippen LogP contribution in [0.15, 0.2) is 54.6 Å². The van der Waals surface area contributed by atoms with Crippen LogP contribution in [0.25, 0.3) is 0 Å². The summed E-state index contributed by atoms with van der Waals surface area (Å²) in [5, 5.41) is 5.45. The number of alkyl carbamates (subject to hydrolysis) is 1. The van der Waals surface area contributed by atoms with E-state index in [0.717, 1.165) is 5.56 Å². The van der Waals surface area contributed by atoms with Gasteiger partial charge in [-0.15, -0.1) is 0 Å². The van der Waals surface area contributed by atoms with Gasteiger partial charge in [0.2, 0.25) is 5.91 Å². The molecule has 2 rings (SSSR count). The molecule has 0 spiro atoms. The molecule has 0 saturated heterocycles. The van der Waals surface area contributed by atoms with Crippen molar-refractivity contribution in [3.05, 3.63) is 60.2 Å². The first kappa shape index (κ1) is 21.2. The van der Waals surface area contributed by atoms with Crippen LogP contribution in [0.1, 0.15) is 18.4 Å². The van der Waals surface area contributed by atoms with Gasteiger partial charge in [-0.25, -0.2) is 4.79 Å². The third-order valence-corrected chi connectivity index (χ3v) is 3.74. The van der Waals surface area contributed by atoms with Gasteiger partial charge in [-0.1, -0.05) is 36.4 Å². The Labute approximate surface area is 165 Å². The van der Waals surface area contributed by atoms with Crippen molar-refractivity contribution in [2.45, 2.75) is 19.4 Å². The van der Waals surface area contributed by atoms with Crippen LogP contribution in [0.2, 0.25) is 0 Å². The Balaban J connectivity index is 1.60. The van der Waals surface area contributed by atoms with Gasteiger partial charge in [0.05, 0.1) is 6.61 Å². The van der Waals surface area contributed by atoms with Crippen LogP contribution in [0.5, 0.6) is 5.75 Å². The molecule has 0 aliphatic heterocycles. The Hall–Kier alpha value is -3.06. The zero-order valence-corrected chi connectivity index (χ0v) is 16.0. The van der Waals surface area contributed by atoms with E-state index in [0.29, 0.717) is 37.6 Å². The Bertz CT molecular complexity index is 737. The Morgan fingerprint density at radius 2 is 1.82 bits per heavy atom. The molecule has 0 atom stereocenters. The van der Waals surface area contributed by atoms with Crippen molar-refractivity contribution in [3.63, 3.8) is 0 Å². The molecule has 28 heavy (non-hydrogen) atoms. The standard InChI is InChI=1S/C21H26N2O5/c1-26-13-14-27-19-10-5-9-18(15-19)23-20(24)11-6-12-22-21(25)28-16-17-7-3-2-4-8-17/h2-5,7-10,15H,6,11-14,16H2,1H3,(H,22,25)(H,23,24). The lowest BCUT2D eigenvalue weighted by Gasteiger charge is -2.09. The third-order valence-electron chi connectivity index (χ3n) is 3.74. The molecule has 2 amide bonds. The van der Waals surface area contributed by atoms with Gasteiger partial charge in [0.25, 0.3) is 0 Å². The predicted molar refractivity (Wildman–Crippen MR) is 106 cm³/mol. The number of amides is 2. The minimum atomic E-state index is -0.495. The van der Waals surface area contributed by atoms with E-state index < -0.39 is 6.09 Å². The van der Waals surface area contributed by atoms with Gasteiger partial charge < -0.3 is 24.8 Å². The molecule has 7 heteroatoms. The van der Waals surface area contributed by atoms with Gasteiger partial charge >= 0.3 is 6.09 Å². The van der Waals surface area contributed by atoms with E-state index in [9.17, 15) is 9.59 Å². The zero-order valence-electron chi connectivity index (χ0n) is 16.0. The van der Waals surface area contributed by atoms with E-state index >= 15 is 0 Å². The van der Waals surface area contributed by atoms with Crippen LogP contribution in [0.4, 0.5) is 10.5 Å². The number of benzene rings is 2. The second-order valence-corrected chi connectivity index (χ2v) is 6.01. The van der Waals surface area contributed by atoms with Crippen LogP contribution in [-0.2, 0) is 20.9 Å². The summed E-state index contributed by atoms with van der Waals surface area (Å²) in [6.07, 6.45) is 0.300. The topological polar surface area (TPSA) is 85.9 Å². The molecule has 2 N–H and O–H groups in total. The molecular weight excluding hydrogens is 360 g/mol. The molecule has 7 nitrogen and oxygen atoms in total. The summed E-state index contributed by atoms with van der Waals surface area (Å²) >= 11 is 0. The van der Waals surface area contributed by atoms with Gasteiger partial charge in [-0.2, -0.15) is 0 Å². The highest BCUT2D eigenvalue weighted by Gasteiger charge is 2.06. The number of nitrogens with one attached hydrogen (secondary N) is 2. The average Bonchev–Trinajstić information content (AvgIpc) is 2.71. The summed E-state index contributed by atoms with van der Waals surface area (Å²) in [7, 11) is 1.61. The number of carbonyl (C=O) groups excluding carboxylic acids is 2. The fourth-order valence-corrected chi connectivity index (χ4v) is 2.34. The maximum Gasteiger partial charge on any atom is 0.407 e. The number of methoxy groups -OCH3 is 1. The molecule has 0 unspecified atom stereocenters. The molecule has 0 heterocycles. The Morgan fingerprint density at radius 1 is 1.00 bits per heavy atom. The lowest BCUT2D eigenvalue weighted by Crippen LogP contribution is -2.26. The fourth-order valence-electron chi connectivity index (χ4n) is 2.34. The van der Waals surface area contributed by atoms with Crippen molar-refractivity contribution in [2.24, 2.45) is 0 Å². The minimum Gasteiger partial charge on any atom is -0.491 e. The molecule has 0 saturated carbocycles. The minimum absolute atomic E-state index is 0.131. The Morgan fingerprint density at radius 3 is 2.61 bits per heavy atom. The molecule has 2 aromatic carbocycles. The lowest BCUT2D eigenvalue weighted by atomic mass is 10.2. The predicted octanol–water partition coefficient (Wildman–Crippen LogP) is 3.36. The second-order valence-electron chi connectivity index (χ2n) is 6.01. The zero-order chi connectivity index (χ0) is 20.0. The Kier molecular flexibility index (Phi) is 9.37. The molecule has 0 radical (unpaired) electrons. The smallest absolute Gasteiger partial charge is 0.407 e. The van der Waals surface area contributed by atoms with E-state index in [-0.39, 0.29) is 18.9 Å². The maximum atomic E-state index is 12.0. The van der Waals surface area contributed by atoms with E-state index in [1.54, 1.807) is 19.2 Å². The monoisotopic (exact) mass is 386 g/mol. The highest BCUT2D eigenvalue weighted by molar-refractivity contribution is 5.90. The summed E-state index contributed by atoms with van der Waals surface area (Å²) in [4.78, 5) is 23.7. The SMILES string of the molecule is COCCOc1cccc(NC(=O)CCCNC(=O)OCc2ccccc2)c1. The van der Waals surface area contributed by atoms with Gasteiger partial charge in [-0.3, -0.25) is 4.79 Å². The maximum absolute atomic E-state index is 12.0. The number of carbonyl (C=O) groups is 2. The molecule has 0 aliphatic rings. The number of rotatable bonds is 11. The number of anilines is 1. The van der Waals surface area contributed by atoms with Crippen LogP contribution < -0.4 is 15.4 Å². The van der Waals surface area contributed by atoms with E-state index in [1.807, 2.05) is 42.5 Å². The van der Waals surface area contributed by atoms with Gasteiger partial charge in [0.15, 0.2) is 0 Å². The first-order chi connectivity index (χ1) is 13.7. The summed E-state index contributed by atoms with van der Waals surface area (Å²) in [6, 6.07) is 16.6. The third kappa shape index (κ3) is 8.55. The van der Waals surface area contributed by atoms with Gasteiger partial charge in [-0.05, 0) is 24.1 Å². The van der Waals surface area contributed by atoms with Crippen LogP contribution in [0, 0.1) is 0 Å². The van der Waals surface area contributed by atoms with Crippen molar-refractivity contribution >= 4 is 17.7 Å². The summed E-state index contributed by atoms with van der Waals surface area (Å²) in [6.45, 7) is 1.52. The fraction of sp³-hybridized carbons (Fsp3) is 0.333. The van der Waals surface area contributed by atoms with Crippen molar-refractivity contribution in [3.8, 4) is 5.75 Å². The van der Waals surface area contributed by atoms with E-state index in [2.05, 4.69) is 10.6 Å². The van der Waals surface area contributed by atoms with Crippen LogP contribution in [-0.4, -0.2) is 38.9 Å². The number of ether oxygens (including phenoxy) is 3. The molecule has 0 fully saturated rings. The molecule has 2 aromatic rings. The lowest BCUT2D eigenvalue weighted by molar-refractivity contribution is -0.116. The highest BCUT2D eigenvalue weighted by Crippen LogP contribution is 2.17. The van der Waals surface area contributed by atoms with Crippen LogP contribution in [0.3, 0.4) is 0 Å². The average molecular weight is 386 g/mol. The van der Waals surface area contributed by atoms with Crippen LogP contribution >= 0.6 is 0 Å². The normalized spacial score (nSPS) is 10.2. The molecule has 0 bridgehead atoms. The molecule has 0 aromatic heterocycles. The molecule has 0 aliphatic carbocycles. The van der Waals surface area contributed by atoms with E-state index in [1.165, 1.54) is 0 Å². The van der Waals surface area contributed by atoms with Gasteiger partial charge in [0.1, 0.15) is 19.0 Å². The summed E-state index contributed by atoms with van der Waals surface area (Å²) < 4.78 is 15.6. The van der Waals surface area contributed by atoms with Gasteiger partial charge in [0, 0.05) is 31.8 Å². The quantitative estimate of drug-likeness (QED) is 0.579. The summed E-state index contributed by atoms with van der Waals surface area (Å²) in [5.74, 6) is 0.533. The molecule has 150 valence electrons. The highest BCUT2D eigenvalue weighted by atomic mass is 16.5. The second kappa shape index (κ2) is 12.3. The number of hydrogen-bond acceptors (Lipinski definition) is 5. The number of hydrogen-bond donors (Lipinski definition) is 2. The van der Waals surface area contributed by atoms with E-state index in [4.69, 9.17) is 14.2 Å². The molecular formula is C21H26N2O5. The van der Waals surface area contributed by atoms with Crippen molar-refractivity contribution in [1.82, 2.24) is 5.32 Å². The summed E-state index contributed by atoms with van der Waals surface area (Å²) in [5.41, 5.74) is 1.58. The van der Waals surface area contributed by atoms with Crippen molar-refractivity contribution < 1.29 is 23.8 Å². The van der Waals surface area contributed by atoms with Crippen molar-refractivity contribution in [1.29, 1.82) is 0 Å². The largest absolute Gasteiger partial charge is 0.491 e. The first-order valence-electron chi connectivity index (χ1n) is 9.13.